The molecule has 6 heteroatoms. The van der Waals surface area contributed by atoms with Crippen molar-refractivity contribution in [3.63, 3.8) is 0 Å². The van der Waals surface area contributed by atoms with Gasteiger partial charge in [0.05, 0.1) is 6.04 Å². The zero-order valence-electron chi connectivity index (χ0n) is 20.2. The second-order valence-electron chi connectivity index (χ2n) is 11.5. The zero-order valence-corrected chi connectivity index (χ0v) is 20.2. The molecule has 1 aromatic heterocycles. The summed E-state index contributed by atoms with van der Waals surface area (Å²) in [5.41, 5.74) is 4.76. The smallest absolute Gasteiger partial charge is 0.255 e. The third-order valence-corrected chi connectivity index (χ3v) is 7.69. The van der Waals surface area contributed by atoms with Gasteiger partial charge >= 0.3 is 0 Å². The molecule has 0 bridgehead atoms. The number of amides is 2. The van der Waals surface area contributed by atoms with Gasteiger partial charge < -0.3 is 20.5 Å². The molecule has 0 spiro atoms. The molecule has 4 heterocycles. The van der Waals surface area contributed by atoms with Crippen LogP contribution in [0.1, 0.15) is 73.8 Å². The van der Waals surface area contributed by atoms with E-state index >= 15 is 0 Å². The van der Waals surface area contributed by atoms with Crippen LogP contribution < -0.4 is 10.6 Å². The Morgan fingerprint density at radius 1 is 1.00 bits per heavy atom. The lowest BCUT2D eigenvalue weighted by Crippen LogP contribution is -2.63. The topological polar surface area (TPSA) is 77.2 Å². The maximum atomic E-state index is 13.9. The number of hydrogen-bond donors (Lipinski definition) is 3. The summed E-state index contributed by atoms with van der Waals surface area (Å²) in [6, 6.07) is 15.2. The van der Waals surface area contributed by atoms with E-state index in [0.29, 0.717) is 12.0 Å². The number of piperidine rings is 1. The molecule has 6 rings (SSSR count). The van der Waals surface area contributed by atoms with Crippen molar-refractivity contribution in [2.75, 3.05) is 0 Å². The molecule has 0 radical (unpaired) electrons. The van der Waals surface area contributed by atoms with E-state index < -0.39 is 6.04 Å². The number of carbonyl (C=O) groups is 2. The van der Waals surface area contributed by atoms with Crippen LogP contribution in [0.15, 0.2) is 48.5 Å². The number of fused-ring (bicyclic) bond motifs is 7. The van der Waals surface area contributed by atoms with Crippen molar-refractivity contribution >= 4 is 22.7 Å². The number of carbonyl (C=O) groups excluding carboxylic acids is 2. The van der Waals surface area contributed by atoms with Crippen LogP contribution >= 0.6 is 0 Å². The number of nitrogens with zero attached hydrogens (tertiary/aromatic N) is 1. The van der Waals surface area contributed by atoms with Crippen molar-refractivity contribution in [3.8, 4) is 0 Å². The van der Waals surface area contributed by atoms with E-state index in [4.69, 9.17) is 0 Å². The fraction of sp³-hybridized carbons (Fsp3) is 0.429. The average molecular weight is 457 g/mol. The minimum Gasteiger partial charge on any atom is -0.356 e. The van der Waals surface area contributed by atoms with Gasteiger partial charge in [0, 0.05) is 45.7 Å². The standard InChI is InChI=1S/C28H32N4O2/c1-27(2)14-16(15-28(3,4)31-27)29-25(33)22-13-20-17-9-7-8-12-21(17)30-23(20)24-18-10-5-6-11-19(18)26(34)32(22)24/h5-12,16,22,24,30-31H,13-15H2,1-4H3,(H,29,33). The van der Waals surface area contributed by atoms with Gasteiger partial charge in [-0.25, -0.2) is 0 Å². The van der Waals surface area contributed by atoms with E-state index in [1.807, 2.05) is 41.3 Å². The molecule has 3 N–H and O–H groups in total. The lowest BCUT2D eigenvalue weighted by molar-refractivity contribution is -0.127. The highest BCUT2D eigenvalue weighted by atomic mass is 16.2. The lowest BCUT2D eigenvalue weighted by Gasteiger charge is -2.47. The summed E-state index contributed by atoms with van der Waals surface area (Å²) in [6.07, 6.45) is 2.22. The maximum absolute atomic E-state index is 13.9. The highest BCUT2D eigenvalue weighted by Crippen LogP contribution is 2.46. The van der Waals surface area contributed by atoms with Crippen molar-refractivity contribution in [2.45, 2.75) is 76.2 Å². The Morgan fingerprint density at radius 2 is 1.68 bits per heavy atom. The first-order valence-electron chi connectivity index (χ1n) is 12.2. The summed E-state index contributed by atoms with van der Waals surface area (Å²) in [5.74, 6) is -0.114. The minimum atomic E-state index is -0.544. The third-order valence-electron chi connectivity index (χ3n) is 7.69. The summed E-state index contributed by atoms with van der Waals surface area (Å²) in [6.45, 7) is 8.73. The number of rotatable bonds is 2. The molecule has 6 nitrogen and oxygen atoms in total. The van der Waals surface area contributed by atoms with Crippen LogP contribution in [0.4, 0.5) is 0 Å². The van der Waals surface area contributed by atoms with Crippen LogP contribution in [0.3, 0.4) is 0 Å². The molecule has 0 aliphatic carbocycles. The van der Waals surface area contributed by atoms with Crippen LogP contribution in [-0.2, 0) is 11.2 Å². The third kappa shape index (κ3) is 3.27. The fourth-order valence-electron chi connectivity index (χ4n) is 6.86. The predicted molar refractivity (Wildman–Crippen MR) is 133 cm³/mol. The molecule has 2 unspecified atom stereocenters. The van der Waals surface area contributed by atoms with Crippen molar-refractivity contribution < 1.29 is 9.59 Å². The van der Waals surface area contributed by atoms with Gasteiger partial charge in [0.25, 0.3) is 5.91 Å². The van der Waals surface area contributed by atoms with E-state index in [-0.39, 0.29) is 35.0 Å². The first-order valence-corrected chi connectivity index (χ1v) is 12.2. The number of para-hydroxylation sites is 1. The van der Waals surface area contributed by atoms with Gasteiger partial charge in [-0.05, 0) is 63.8 Å². The highest BCUT2D eigenvalue weighted by Gasteiger charge is 2.49. The molecule has 2 aromatic carbocycles. The Kier molecular flexibility index (Phi) is 4.53. The van der Waals surface area contributed by atoms with Crippen LogP contribution in [0.5, 0.6) is 0 Å². The van der Waals surface area contributed by atoms with Gasteiger partial charge in [-0.15, -0.1) is 0 Å². The van der Waals surface area contributed by atoms with Crippen LogP contribution in [0, 0.1) is 0 Å². The monoisotopic (exact) mass is 456 g/mol. The number of hydrogen-bond acceptors (Lipinski definition) is 3. The maximum Gasteiger partial charge on any atom is 0.255 e. The number of nitrogens with one attached hydrogen (secondary N) is 3. The summed E-state index contributed by atoms with van der Waals surface area (Å²) in [7, 11) is 0. The van der Waals surface area contributed by atoms with Crippen LogP contribution in [-0.4, -0.2) is 44.9 Å². The normalized spacial score (nSPS) is 25.1. The van der Waals surface area contributed by atoms with Crippen LogP contribution in [0.25, 0.3) is 10.9 Å². The lowest BCUT2D eigenvalue weighted by atomic mass is 9.79. The first kappa shape index (κ1) is 21.4. The Morgan fingerprint density at radius 3 is 2.44 bits per heavy atom. The molecule has 3 aliphatic rings. The van der Waals surface area contributed by atoms with Gasteiger partial charge in [-0.1, -0.05) is 36.4 Å². The van der Waals surface area contributed by atoms with E-state index in [9.17, 15) is 9.59 Å². The Hall–Kier alpha value is -3.12. The van der Waals surface area contributed by atoms with Gasteiger partial charge in [0.2, 0.25) is 5.91 Å². The fourth-order valence-corrected chi connectivity index (χ4v) is 6.86. The Bertz CT molecular complexity index is 1300. The quantitative estimate of drug-likeness (QED) is 0.544. The van der Waals surface area contributed by atoms with Gasteiger partial charge in [-0.2, -0.15) is 0 Å². The van der Waals surface area contributed by atoms with Crippen molar-refractivity contribution in [2.24, 2.45) is 0 Å². The SMILES string of the molecule is CC1(C)CC(NC(=O)C2Cc3c([nH]c4ccccc34)C3c4ccccc4C(=O)N23)CC(C)(C)N1. The molecule has 1 saturated heterocycles. The van der Waals surface area contributed by atoms with E-state index in [2.05, 4.69) is 55.4 Å². The number of H-pyrrole nitrogens is 1. The van der Waals surface area contributed by atoms with E-state index in [1.165, 1.54) is 0 Å². The van der Waals surface area contributed by atoms with Gasteiger partial charge in [0.1, 0.15) is 6.04 Å². The molecule has 0 saturated carbocycles. The second kappa shape index (κ2) is 7.19. The molecule has 2 amide bonds. The summed E-state index contributed by atoms with van der Waals surface area (Å²) < 4.78 is 0. The molecule has 2 atom stereocenters. The predicted octanol–water partition coefficient (Wildman–Crippen LogP) is 4.06. The summed E-state index contributed by atoms with van der Waals surface area (Å²) >= 11 is 0. The first-order chi connectivity index (χ1) is 16.1. The van der Waals surface area contributed by atoms with Gasteiger partial charge in [-0.3, -0.25) is 9.59 Å². The highest BCUT2D eigenvalue weighted by molar-refractivity contribution is 6.03. The number of benzene rings is 2. The van der Waals surface area contributed by atoms with Crippen molar-refractivity contribution in [1.29, 1.82) is 0 Å². The van der Waals surface area contributed by atoms with Crippen molar-refractivity contribution in [3.05, 3.63) is 70.9 Å². The number of aromatic nitrogens is 1. The van der Waals surface area contributed by atoms with Crippen LogP contribution in [0.2, 0.25) is 0 Å². The summed E-state index contributed by atoms with van der Waals surface area (Å²) in [5, 5.41) is 8.16. The Labute approximate surface area is 200 Å². The van der Waals surface area contributed by atoms with E-state index in [1.54, 1.807) is 0 Å². The number of aromatic amines is 1. The summed E-state index contributed by atoms with van der Waals surface area (Å²) in [4.78, 5) is 32.8. The average Bonchev–Trinajstić information content (AvgIpc) is 3.27. The molecule has 3 aliphatic heterocycles. The molecule has 176 valence electrons. The molecule has 34 heavy (non-hydrogen) atoms. The molecular weight excluding hydrogens is 424 g/mol. The van der Waals surface area contributed by atoms with E-state index in [0.717, 1.165) is 40.6 Å². The zero-order chi connectivity index (χ0) is 23.8. The molecular formula is C28H32N4O2. The molecule has 1 fully saturated rings. The molecule has 3 aromatic rings. The van der Waals surface area contributed by atoms with Crippen molar-refractivity contribution in [1.82, 2.24) is 20.5 Å². The largest absolute Gasteiger partial charge is 0.356 e. The second-order valence-corrected chi connectivity index (χ2v) is 11.5. The minimum absolute atomic E-state index is 0.0550. The Balaban J connectivity index is 1.40. The van der Waals surface area contributed by atoms with Gasteiger partial charge in [0.15, 0.2) is 0 Å².